The lowest BCUT2D eigenvalue weighted by Gasteiger charge is -2.28. The fourth-order valence-corrected chi connectivity index (χ4v) is 3.56. The zero-order valence-electron chi connectivity index (χ0n) is 13.6. The molecule has 1 aliphatic rings. The Hall–Kier alpha value is -2.27. The monoisotopic (exact) mass is 340 g/mol. The van der Waals surface area contributed by atoms with E-state index in [0.29, 0.717) is 12.3 Å². The maximum atomic E-state index is 12.2. The van der Waals surface area contributed by atoms with Gasteiger partial charge in [-0.05, 0) is 31.0 Å². The summed E-state index contributed by atoms with van der Waals surface area (Å²) in [6, 6.07) is 16.0. The van der Waals surface area contributed by atoms with Gasteiger partial charge in [-0.15, -0.1) is 11.8 Å². The number of fused-ring (bicyclic) bond motifs is 1. The van der Waals surface area contributed by atoms with Crippen LogP contribution in [0.4, 0.5) is 5.69 Å². The molecule has 1 aliphatic heterocycles. The van der Waals surface area contributed by atoms with Crippen LogP contribution in [0.25, 0.3) is 0 Å². The van der Waals surface area contributed by atoms with E-state index in [1.807, 2.05) is 24.3 Å². The second-order valence-corrected chi connectivity index (χ2v) is 6.84. The van der Waals surface area contributed by atoms with E-state index in [9.17, 15) is 9.59 Å². The van der Waals surface area contributed by atoms with Crippen LogP contribution in [-0.4, -0.2) is 30.7 Å². The van der Waals surface area contributed by atoms with E-state index in [4.69, 9.17) is 0 Å². The van der Waals surface area contributed by atoms with Gasteiger partial charge in [0.2, 0.25) is 11.8 Å². The largest absolute Gasteiger partial charge is 0.354 e. The lowest BCUT2D eigenvalue weighted by molar-refractivity contribution is -0.122. The number of nitrogens with zero attached hydrogens (tertiary/aromatic N) is 1. The molecular weight excluding hydrogens is 320 g/mol. The summed E-state index contributed by atoms with van der Waals surface area (Å²) >= 11 is 1.52. The van der Waals surface area contributed by atoms with Gasteiger partial charge in [-0.3, -0.25) is 9.59 Å². The molecule has 0 aliphatic carbocycles. The number of rotatable bonds is 5. The zero-order valence-corrected chi connectivity index (χ0v) is 14.4. The first kappa shape index (κ1) is 16.6. The van der Waals surface area contributed by atoms with Crippen molar-refractivity contribution in [2.75, 3.05) is 23.7 Å². The molecule has 0 saturated carbocycles. The number of anilines is 1. The Morgan fingerprint density at radius 3 is 2.71 bits per heavy atom. The summed E-state index contributed by atoms with van der Waals surface area (Å²) in [6.45, 7) is 2.70. The molecule has 0 unspecified atom stereocenters. The van der Waals surface area contributed by atoms with Crippen molar-refractivity contribution in [1.82, 2.24) is 5.32 Å². The molecule has 24 heavy (non-hydrogen) atoms. The van der Waals surface area contributed by atoms with Gasteiger partial charge in [-0.1, -0.05) is 42.0 Å². The molecule has 2 amide bonds. The fraction of sp³-hybridized carbons (Fsp3) is 0.263. The van der Waals surface area contributed by atoms with E-state index < -0.39 is 0 Å². The summed E-state index contributed by atoms with van der Waals surface area (Å²) in [5.74, 6) is 0.234. The Labute approximate surface area is 146 Å². The zero-order chi connectivity index (χ0) is 16.9. The highest BCUT2D eigenvalue weighted by atomic mass is 32.2. The van der Waals surface area contributed by atoms with E-state index in [1.54, 1.807) is 4.90 Å². The van der Waals surface area contributed by atoms with Gasteiger partial charge >= 0.3 is 0 Å². The normalized spacial score (nSPS) is 13.5. The van der Waals surface area contributed by atoms with E-state index in [1.165, 1.54) is 22.9 Å². The lowest BCUT2D eigenvalue weighted by Crippen LogP contribution is -2.43. The summed E-state index contributed by atoms with van der Waals surface area (Å²) in [4.78, 5) is 27.0. The van der Waals surface area contributed by atoms with Crippen LogP contribution in [-0.2, 0) is 16.0 Å². The number of benzene rings is 2. The third-order valence-corrected chi connectivity index (χ3v) is 5.01. The first-order valence-electron chi connectivity index (χ1n) is 7.98. The molecule has 2 aromatic rings. The smallest absolute Gasteiger partial charge is 0.240 e. The average Bonchev–Trinajstić information content (AvgIpc) is 2.59. The van der Waals surface area contributed by atoms with Crippen LogP contribution < -0.4 is 10.2 Å². The predicted octanol–water partition coefficient (Wildman–Crippen LogP) is 2.79. The third kappa shape index (κ3) is 3.97. The van der Waals surface area contributed by atoms with Gasteiger partial charge in [-0.25, -0.2) is 0 Å². The molecule has 0 fully saturated rings. The molecule has 0 aromatic heterocycles. The molecule has 3 rings (SSSR count). The predicted molar refractivity (Wildman–Crippen MR) is 97.4 cm³/mol. The van der Waals surface area contributed by atoms with E-state index in [-0.39, 0.29) is 18.4 Å². The first-order valence-corrected chi connectivity index (χ1v) is 8.96. The van der Waals surface area contributed by atoms with Crippen molar-refractivity contribution in [1.29, 1.82) is 0 Å². The molecule has 1 heterocycles. The van der Waals surface area contributed by atoms with Crippen LogP contribution in [0.15, 0.2) is 53.4 Å². The van der Waals surface area contributed by atoms with Crippen molar-refractivity contribution in [2.45, 2.75) is 18.2 Å². The van der Waals surface area contributed by atoms with E-state index in [0.717, 1.165) is 17.0 Å². The van der Waals surface area contributed by atoms with Crippen LogP contribution >= 0.6 is 11.8 Å². The molecular formula is C19H20N2O2S. The van der Waals surface area contributed by atoms with Gasteiger partial charge in [-0.2, -0.15) is 0 Å². The number of carbonyl (C=O) groups is 2. The highest BCUT2D eigenvalue weighted by molar-refractivity contribution is 8.00. The highest BCUT2D eigenvalue weighted by Gasteiger charge is 2.25. The number of aryl methyl sites for hydroxylation is 1. The Kier molecular flexibility index (Phi) is 5.20. The van der Waals surface area contributed by atoms with Crippen LogP contribution in [0, 0.1) is 6.92 Å². The first-order chi connectivity index (χ1) is 11.6. The van der Waals surface area contributed by atoms with Gasteiger partial charge in [0.25, 0.3) is 0 Å². The molecule has 0 radical (unpaired) electrons. The molecule has 0 atom stereocenters. The second kappa shape index (κ2) is 7.53. The number of thioether (sulfide) groups is 1. The van der Waals surface area contributed by atoms with Crippen molar-refractivity contribution in [3.05, 3.63) is 59.7 Å². The minimum atomic E-state index is -0.128. The Morgan fingerprint density at radius 1 is 1.17 bits per heavy atom. The summed E-state index contributed by atoms with van der Waals surface area (Å²) in [5.41, 5.74) is 3.24. The molecule has 4 nitrogen and oxygen atoms in total. The average molecular weight is 340 g/mol. The van der Waals surface area contributed by atoms with Crippen molar-refractivity contribution in [3.63, 3.8) is 0 Å². The van der Waals surface area contributed by atoms with Gasteiger partial charge in [0, 0.05) is 11.4 Å². The Bertz CT molecular complexity index is 743. The Balaban J connectivity index is 1.55. The quantitative estimate of drug-likeness (QED) is 0.910. The summed E-state index contributed by atoms with van der Waals surface area (Å²) in [5, 5.41) is 2.90. The van der Waals surface area contributed by atoms with Gasteiger partial charge in [0.05, 0.1) is 11.4 Å². The number of hydrogen-bond acceptors (Lipinski definition) is 3. The highest BCUT2D eigenvalue weighted by Crippen LogP contribution is 2.34. The summed E-state index contributed by atoms with van der Waals surface area (Å²) in [7, 11) is 0. The maximum Gasteiger partial charge on any atom is 0.240 e. The van der Waals surface area contributed by atoms with Crippen LogP contribution in [0.3, 0.4) is 0 Å². The summed E-state index contributed by atoms with van der Waals surface area (Å²) < 4.78 is 0. The van der Waals surface area contributed by atoms with Crippen LogP contribution in [0.2, 0.25) is 0 Å². The standard InChI is InChI=1S/C19H20N2O2S/c1-14-6-8-15(9-7-14)10-11-20-18(22)12-21-16-4-2-3-5-17(16)24-13-19(21)23/h2-9H,10-13H2,1H3,(H,20,22). The van der Waals surface area contributed by atoms with Gasteiger partial charge < -0.3 is 10.2 Å². The number of carbonyl (C=O) groups excluding carboxylic acids is 2. The molecule has 0 saturated heterocycles. The molecule has 0 spiro atoms. The Morgan fingerprint density at radius 2 is 1.92 bits per heavy atom. The summed E-state index contributed by atoms with van der Waals surface area (Å²) in [6.07, 6.45) is 0.784. The van der Waals surface area contributed by atoms with Gasteiger partial charge in [0.15, 0.2) is 0 Å². The van der Waals surface area contributed by atoms with Gasteiger partial charge in [0.1, 0.15) is 6.54 Å². The number of nitrogens with one attached hydrogen (secondary N) is 1. The number of amides is 2. The molecule has 124 valence electrons. The molecule has 0 bridgehead atoms. The molecule has 2 aromatic carbocycles. The molecule has 5 heteroatoms. The number of hydrogen-bond donors (Lipinski definition) is 1. The van der Waals surface area contributed by atoms with Crippen molar-refractivity contribution in [2.24, 2.45) is 0 Å². The van der Waals surface area contributed by atoms with Crippen molar-refractivity contribution in [3.8, 4) is 0 Å². The minimum Gasteiger partial charge on any atom is -0.354 e. The molecule has 1 N–H and O–H groups in total. The topological polar surface area (TPSA) is 49.4 Å². The van der Waals surface area contributed by atoms with Crippen LogP contribution in [0.5, 0.6) is 0 Å². The number of para-hydroxylation sites is 1. The lowest BCUT2D eigenvalue weighted by atomic mass is 10.1. The minimum absolute atomic E-state index is 0.0209. The SMILES string of the molecule is Cc1ccc(CCNC(=O)CN2C(=O)CSc3ccccc32)cc1. The fourth-order valence-electron chi connectivity index (χ4n) is 2.63. The van der Waals surface area contributed by atoms with Crippen molar-refractivity contribution < 1.29 is 9.59 Å². The van der Waals surface area contributed by atoms with Crippen LogP contribution in [0.1, 0.15) is 11.1 Å². The second-order valence-electron chi connectivity index (χ2n) is 5.82. The van der Waals surface area contributed by atoms with E-state index in [2.05, 4.69) is 36.5 Å². The maximum absolute atomic E-state index is 12.2. The van der Waals surface area contributed by atoms with Crippen molar-refractivity contribution >= 4 is 29.3 Å². The third-order valence-electron chi connectivity index (χ3n) is 3.97. The van der Waals surface area contributed by atoms with E-state index >= 15 is 0 Å².